The minimum Gasteiger partial charge on any atom is -0.504 e. The summed E-state index contributed by atoms with van der Waals surface area (Å²) in [4.78, 5) is 33.4. The summed E-state index contributed by atoms with van der Waals surface area (Å²) in [5.74, 6) is 0.0603. The van der Waals surface area contributed by atoms with E-state index in [1.807, 2.05) is 31.2 Å². The lowest BCUT2D eigenvalue weighted by molar-refractivity contribution is -0.118. The number of aromatic nitrogens is 2. The van der Waals surface area contributed by atoms with Gasteiger partial charge in [-0.05, 0) is 75.4 Å². The van der Waals surface area contributed by atoms with Crippen LogP contribution in [0.5, 0.6) is 11.5 Å². The van der Waals surface area contributed by atoms with E-state index in [1.54, 1.807) is 35.0 Å². The van der Waals surface area contributed by atoms with E-state index in [-0.39, 0.29) is 23.0 Å². The topological polar surface area (TPSA) is 106 Å². The third-order valence-electron chi connectivity index (χ3n) is 6.53. The molecule has 0 bridgehead atoms. The minimum atomic E-state index is -0.324. The first-order valence-corrected chi connectivity index (χ1v) is 14.1. The van der Waals surface area contributed by atoms with E-state index < -0.39 is 0 Å². The number of carbonyl (C=O) groups excluding carboxylic acids is 1. The third kappa shape index (κ3) is 5.19. The van der Waals surface area contributed by atoms with Crippen molar-refractivity contribution in [1.82, 2.24) is 15.0 Å². The number of ether oxygens (including phenoxy) is 1. The van der Waals surface area contributed by atoms with Gasteiger partial charge in [-0.1, -0.05) is 29.5 Å². The van der Waals surface area contributed by atoms with Gasteiger partial charge < -0.3 is 9.84 Å². The number of phenolic OH excluding ortho intramolecular Hbond substituents is 1. The zero-order valence-corrected chi connectivity index (χ0v) is 23.0. The Labute approximate surface area is 228 Å². The molecule has 2 aromatic heterocycles. The minimum absolute atomic E-state index is 0.0279. The molecule has 0 saturated carbocycles. The quantitative estimate of drug-likeness (QED) is 0.146. The number of benzene rings is 2. The molecule has 0 aliphatic heterocycles. The average molecular weight is 549 g/mol. The van der Waals surface area contributed by atoms with E-state index in [1.165, 1.54) is 29.8 Å². The maximum Gasteiger partial charge on any atom is 0.267 e. The number of aryl methyl sites for hydroxylation is 3. The Balaban J connectivity index is 1.41. The summed E-state index contributed by atoms with van der Waals surface area (Å²) in [5.41, 5.74) is 6.71. The van der Waals surface area contributed by atoms with Crippen molar-refractivity contribution in [2.75, 3.05) is 12.9 Å². The number of hydrogen-bond acceptors (Lipinski definition) is 8. The van der Waals surface area contributed by atoms with Crippen molar-refractivity contribution in [3.63, 3.8) is 0 Å². The standard InChI is InChI=1S/C28H28N4O4S2/c1-16-8-11-19(12-9-16)32-27(35)25-20-6-4-5-7-23(20)38-26(25)29-28(32)37-15-24(34)31-30-17(2)18-10-13-21(33)22(14-18)36-3/h8-14,33H,4-7,15H2,1-3H3,(H,31,34)/b30-17-. The number of rotatable bonds is 7. The summed E-state index contributed by atoms with van der Waals surface area (Å²) in [7, 11) is 1.47. The summed E-state index contributed by atoms with van der Waals surface area (Å²) in [5, 5.41) is 15.2. The van der Waals surface area contributed by atoms with E-state index in [0.717, 1.165) is 47.3 Å². The van der Waals surface area contributed by atoms with E-state index in [9.17, 15) is 14.7 Å². The van der Waals surface area contributed by atoms with Crippen molar-refractivity contribution in [1.29, 1.82) is 0 Å². The summed E-state index contributed by atoms with van der Waals surface area (Å²) in [6.45, 7) is 3.75. The van der Waals surface area contributed by atoms with Crippen LogP contribution in [0, 0.1) is 6.92 Å². The monoisotopic (exact) mass is 548 g/mol. The van der Waals surface area contributed by atoms with Crippen LogP contribution in [-0.4, -0.2) is 39.1 Å². The van der Waals surface area contributed by atoms with Crippen molar-refractivity contribution in [3.05, 3.63) is 74.4 Å². The Kier molecular flexibility index (Phi) is 7.53. The van der Waals surface area contributed by atoms with Gasteiger partial charge in [0.1, 0.15) is 4.83 Å². The molecule has 0 atom stereocenters. The van der Waals surface area contributed by atoms with Crippen molar-refractivity contribution in [3.8, 4) is 17.2 Å². The van der Waals surface area contributed by atoms with E-state index in [2.05, 4.69) is 10.5 Å². The van der Waals surface area contributed by atoms with Crippen LogP contribution in [0.15, 0.2) is 57.5 Å². The van der Waals surface area contributed by atoms with Crippen LogP contribution < -0.4 is 15.7 Å². The normalized spacial score (nSPS) is 13.4. The molecule has 196 valence electrons. The lowest BCUT2D eigenvalue weighted by atomic mass is 9.97. The van der Waals surface area contributed by atoms with Gasteiger partial charge in [0.25, 0.3) is 11.5 Å². The second kappa shape index (κ2) is 11.0. The molecule has 2 N–H and O–H groups in total. The Bertz CT molecular complexity index is 1610. The van der Waals surface area contributed by atoms with Crippen LogP contribution in [0.1, 0.15) is 41.3 Å². The number of methoxy groups -OCH3 is 1. The fourth-order valence-corrected chi connectivity index (χ4v) is 6.59. The predicted octanol–water partition coefficient (Wildman–Crippen LogP) is 4.98. The number of thiophene rings is 1. The highest BCUT2D eigenvalue weighted by atomic mass is 32.2. The molecule has 0 radical (unpaired) electrons. The number of aromatic hydroxyl groups is 1. The number of nitrogens with one attached hydrogen (secondary N) is 1. The Morgan fingerprint density at radius 1 is 1.21 bits per heavy atom. The zero-order valence-electron chi connectivity index (χ0n) is 21.4. The molecular formula is C28H28N4O4S2. The van der Waals surface area contributed by atoms with Crippen molar-refractivity contribution < 1.29 is 14.6 Å². The molecule has 5 rings (SSSR count). The summed E-state index contributed by atoms with van der Waals surface area (Å²) >= 11 is 2.80. The lowest BCUT2D eigenvalue weighted by Gasteiger charge is -2.13. The highest BCUT2D eigenvalue weighted by Gasteiger charge is 2.23. The molecule has 38 heavy (non-hydrogen) atoms. The molecule has 0 saturated heterocycles. The maximum atomic E-state index is 13.8. The number of hydrazone groups is 1. The first-order valence-electron chi connectivity index (χ1n) is 12.3. The molecule has 8 nitrogen and oxygen atoms in total. The van der Waals surface area contributed by atoms with Gasteiger partial charge in [0, 0.05) is 10.4 Å². The van der Waals surface area contributed by atoms with Gasteiger partial charge in [-0.3, -0.25) is 14.2 Å². The number of carbonyl (C=O) groups is 1. The van der Waals surface area contributed by atoms with E-state index in [4.69, 9.17) is 9.72 Å². The smallest absolute Gasteiger partial charge is 0.267 e. The fourth-order valence-electron chi connectivity index (χ4n) is 4.48. The van der Waals surface area contributed by atoms with Crippen LogP contribution in [0.25, 0.3) is 15.9 Å². The van der Waals surface area contributed by atoms with E-state index in [0.29, 0.717) is 27.6 Å². The summed E-state index contributed by atoms with van der Waals surface area (Å²) in [6.07, 6.45) is 4.09. The number of phenols is 1. The van der Waals surface area contributed by atoms with E-state index >= 15 is 0 Å². The zero-order chi connectivity index (χ0) is 26.8. The lowest BCUT2D eigenvalue weighted by Crippen LogP contribution is -2.24. The fraction of sp³-hybridized carbons (Fsp3) is 0.286. The molecule has 0 spiro atoms. The van der Waals surface area contributed by atoms with Crippen molar-refractivity contribution in [2.45, 2.75) is 44.7 Å². The van der Waals surface area contributed by atoms with Crippen LogP contribution in [0.4, 0.5) is 0 Å². The molecule has 2 heterocycles. The third-order valence-corrected chi connectivity index (χ3v) is 8.65. The van der Waals surface area contributed by atoms with Gasteiger partial charge in [0.05, 0.1) is 29.6 Å². The Morgan fingerprint density at radius 3 is 2.74 bits per heavy atom. The highest BCUT2D eigenvalue weighted by Crippen LogP contribution is 2.35. The second-order valence-electron chi connectivity index (χ2n) is 9.17. The number of amides is 1. The van der Waals surface area contributed by atoms with Gasteiger partial charge >= 0.3 is 0 Å². The van der Waals surface area contributed by atoms with Crippen LogP contribution in [0.2, 0.25) is 0 Å². The second-order valence-corrected chi connectivity index (χ2v) is 11.2. The first-order chi connectivity index (χ1) is 18.4. The summed E-state index contributed by atoms with van der Waals surface area (Å²) < 4.78 is 6.76. The number of hydrogen-bond donors (Lipinski definition) is 2. The molecular weight excluding hydrogens is 520 g/mol. The molecule has 1 amide bonds. The largest absolute Gasteiger partial charge is 0.504 e. The van der Waals surface area contributed by atoms with Gasteiger partial charge in [-0.2, -0.15) is 5.10 Å². The number of fused-ring (bicyclic) bond motifs is 3. The van der Waals surface area contributed by atoms with Crippen molar-refractivity contribution in [2.24, 2.45) is 5.10 Å². The summed E-state index contributed by atoms with van der Waals surface area (Å²) in [6, 6.07) is 12.6. The van der Waals surface area contributed by atoms with Gasteiger partial charge in [0.15, 0.2) is 16.7 Å². The van der Waals surface area contributed by atoms with Gasteiger partial charge in [-0.15, -0.1) is 11.3 Å². The maximum absolute atomic E-state index is 13.8. The Hall–Kier alpha value is -3.63. The average Bonchev–Trinajstić information content (AvgIpc) is 3.30. The van der Waals surface area contributed by atoms with Crippen molar-refractivity contribution >= 4 is 44.9 Å². The SMILES string of the molecule is COc1cc(/C(C)=N\NC(=O)CSc2nc3sc4c(c3c(=O)n2-c2ccc(C)cc2)CCCC4)ccc1O. The van der Waals surface area contributed by atoms with Gasteiger partial charge in [-0.25, -0.2) is 10.4 Å². The molecule has 10 heteroatoms. The molecule has 1 aliphatic rings. The molecule has 2 aromatic carbocycles. The molecule has 0 unspecified atom stereocenters. The van der Waals surface area contributed by atoms with Gasteiger partial charge in [0.2, 0.25) is 0 Å². The van der Waals surface area contributed by atoms with Crippen LogP contribution >= 0.6 is 23.1 Å². The van der Waals surface area contributed by atoms with Crippen LogP contribution in [-0.2, 0) is 17.6 Å². The predicted molar refractivity (Wildman–Crippen MR) is 152 cm³/mol. The Morgan fingerprint density at radius 2 is 1.97 bits per heavy atom. The molecule has 1 aliphatic carbocycles. The molecule has 0 fully saturated rings. The number of thioether (sulfide) groups is 1. The number of nitrogens with zero attached hydrogens (tertiary/aromatic N) is 3. The van der Waals surface area contributed by atoms with Crippen LogP contribution in [0.3, 0.4) is 0 Å². The molecule has 4 aromatic rings. The first kappa shape index (κ1) is 26.0. The highest BCUT2D eigenvalue weighted by molar-refractivity contribution is 7.99.